The van der Waals surface area contributed by atoms with Crippen molar-refractivity contribution in [2.24, 2.45) is 0 Å². The molecule has 10 heteroatoms. The number of hydrogen-bond donors (Lipinski definition) is 3. The van der Waals surface area contributed by atoms with Crippen LogP contribution in [0.3, 0.4) is 0 Å². The predicted octanol–water partition coefficient (Wildman–Crippen LogP) is 5.55. The molecule has 0 aliphatic heterocycles. The molecular weight excluding hydrogens is 467 g/mol. The number of nitrogens with zero attached hydrogens (tertiary/aromatic N) is 2. The van der Waals surface area contributed by atoms with Crippen molar-refractivity contribution in [1.82, 2.24) is 15.1 Å². The zero-order valence-electron chi connectivity index (χ0n) is 17.4. The number of nitrogens with one attached hydrogen (secondary N) is 2. The Balaban J connectivity index is 1.63. The van der Waals surface area contributed by atoms with E-state index in [-0.39, 0.29) is 27.8 Å². The Morgan fingerprint density at radius 1 is 0.971 bits per heavy atom. The average molecular weight is 484 g/mol. The summed E-state index contributed by atoms with van der Waals surface area (Å²) in [7, 11) is 0. The number of benzene rings is 3. The van der Waals surface area contributed by atoms with Crippen molar-refractivity contribution in [1.29, 1.82) is 5.41 Å². The van der Waals surface area contributed by atoms with Crippen LogP contribution in [0.4, 0.5) is 18.9 Å². The Morgan fingerprint density at radius 2 is 1.59 bits per heavy atom. The fourth-order valence-electron chi connectivity index (χ4n) is 3.23. The van der Waals surface area contributed by atoms with E-state index in [0.717, 1.165) is 10.7 Å². The third kappa shape index (κ3) is 4.79. The highest BCUT2D eigenvalue weighted by molar-refractivity contribution is 6.32. The summed E-state index contributed by atoms with van der Waals surface area (Å²) >= 11 is 6.19. The fraction of sp³-hybridized carbons (Fsp3) is 0.0417. The number of carbonyl (C=O) groups excluding carboxylic acids is 1. The minimum atomic E-state index is -4.65. The lowest BCUT2D eigenvalue weighted by Gasteiger charge is -2.10. The topological polar surface area (TPSA) is 96.8 Å². The van der Waals surface area contributed by atoms with E-state index in [1.54, 1.807) is 48.5 Å². The molecule has 0 atom stereocenters. The number of amides is 1. The van der Waals surface area contributed by atoms with E-state index in [9.17, 15) is 18.0 Å². The largest absolute Gasteiger partial charge is 0.435 e. The van der Waals surface area contributed by atoms with Gasteiger partial charge in [0.1, 0.15) is 5.84 Å². The Morgan fingerprint density at radius 3 is 2.21 bits per heavy atom. The zero-order chi connectivity index (χ0) is 24.5. The van der Waals surface area contributed by atoms with E-state index in [2.05, 4.69) is 10.4 Å². The number of carbonyl (C=O) groups is 1. The number of nitrogens with two attached hydrogens (primary N) is 1. The molecule has 0 aliphatic rings. The molecule has 4 N–H and O–H groups in total. The molecule has 4 rings (SSSR count). The lowest BCUT2D eigenvalue weighted by Crippen LogP contribution is -2.30. The molecule has 3 aromatic carbocycles. The maximum atomic E-state index is 13.4. The van der Waals surface area contributed by atoms with Crippen LogP contribution in [0.1, 0.15) is 21.6 Å². The van der Waals surface area contributed by atoms with Gasteiger partial charge in [0.05, 0.1) is 16.4 Å². The normalized spacial score (nSPS) is 11.3. The molecule has 6 nitrogen and oxygen atoms in total. The second kappa shape index (κ2) is 9.03. The standard InChI is InChI=1S/C24H17ClF3N5O/c25-18-3-1-2-4-19(18)33-20(13-21(32-33)24(26,27)28)14-5-7-16(8-6-14)23(34)31-22(30)15-9-11-17(29)12-10-15/h1-13H,29H2,(H2,30,31,34). The van der Waals surface area contributed by atoms with Crippen LogP contribution < -0.4 is 11.1 Å². The average Bonchev–Trinajstić information content (AvgIpc) is 3.26. The van der Waals surface area contributed by atoms with Gasteiger partial charge in [-0.2, -0.15) is 18.3 Å². The van der Waals surface area contributed by atoms with Crippen LogP contribution in [0.2, 0.25) is 5.02 Å². The van der Waals surface area contributed by atoms with Gasteiger partial charge >= 0.3 is 6.18 Å². The monoisotopic (exact) mass is 483 g/mol. The summed E-state index contributed by atoms with van der Waals surface area (Å²) in [6, 6.07) is 19.7. The van der Waals surface area contributed by atoms with Gasteiger partial charge in [0.2, 0.25) is 0 Å². The molecule has 0 fully saturated rings. The quantitative estimate of drug-likeness (QED) is 0.202. The first-order chi connectivity index (χ1) is 16.1. The number of amidine groups is 1. The predicted molar refractivity (Wildman–Crippen MR) is 124 cm³/mol. The molecule has 0 aliphatic carbocycles. The SMILES string of the molecule is N=C(NC(=O)c1ccc(-c2cc(C(F)(F)F)nn2-c2ccccc2Cl)cc1)c1ccc(N)cc1. The molecule has 0 spiro atoms. The first kappa shape index (κ1) is 23.1. The zero-order valence-corrected chi connectivity index (χ0v) is 18.2. The highest BCUT2D eigenvalue weighted by atomic mass is 35.5. The highest BCUT2D eigenvalue weighted by Gasteiger charge is 2.35. The van der Waals surface area contributed by atoms with Crippen molar-refractivity contribution in [3.8, 4) is 16.9 Å². The molecule has 0 radical (unpaired) electrons. The van der Waals surface area contributed by atoms with Crippen molar-refractivity contribution in [3.63, 3.8) is 0 Å². The molecule has 0 bridgehead atoms. The lowest BCUT2D eigenvalue weighted by atomic mass is 10.1. The Labute approximate surface area is 197 Å². The van der Waals surface area contributed by atoms with E-state index in [4.69, 9.17) is 22.7 Å². The van der Waals surface area contributed by atoms with E-state index in [1.807, 2.05) is 0 Å². The summed E-state index contributed by atoms with van der Waals surface area (Å²) in [4.78, 5) is 12.6. The minimum absolute atomic E-state index is 0.110. The second-order valence-electron chi connectivity index (χ2n) is 7.30. The maximum absolute atomic E-state index is 13.4. The van der Waals surface area contributed by atoms with Crippen molar-refractivity contribution in [2.45, 2.75) is 6.18 Å². The van der Waals surface area contributed by atoms with E-state index in [0.29, 0.717) is 16.8 Å². The molecule has 0 saturated carbocycles. The lowest BCUT2D eigenvalue weighted by molar-refractivity contribution is -0.141. The van der Waals surface area contributed by atoms with Crippen LogP contribution in [-0.2, 0) is 6.18 Å². The number of nitrogen functional groups attached to an aromatic ring is 1. The Hall–Kier alpha value is -4.11. The maximum Gasteiger partial charge on any atom is 0.435 e. The van der Waals surface area contributed by atoms with E-state index >= 15 is 0 Å². The van der Waals surface area contributed by atoms with E-state index < -0.39 is 17.8 Å². The van der Waals surface area contributed by atoms with Gasteiger partial charge in [-0.25, -0.2) is 4.68 Å². The van der Waals surface area contributed by atoms with Gasteiger partial charge in [-0.05, 0) is 54.6 Å². The minimum Gasteiger partial charge on any atom is -0.399 e. The molecule has 1 amide bonds. The van der Waals surface area contributed by atoms with Gasteiger partial charge in [0, 0.05) is 22.4 Å². The molecule has 34 heavy (non-hydrogen) atoms. The molecule has 0 unspecified atom stereocenters. The number of rotatable bonds is 4. The molecular formula is C24H17ClF3N5O. The highest BCUT2D eigenvalue weighted by Crippen LogP contribution is 2.34. The van der Waals surface area contributed by atoms with Crippen LogP contribution in [0, 0.1) is 5.41 Å². The summed E-state index contributed by atoms with van der Waals surface area (Å²) < 4.78 is 41.3. The first-order valence-electron chi connectivity index (χ1n) is 9.92. The summed E-state index contributed by atoms with van der Waals surface area (Å²) in [5.41, 5.74) is 6.63. The Bertz CT molecular complexity index is 1360. The molecule has 0 saturated heterocycles. The van der Waals surface area contributed by atoms with Gasteiger partial charge < -0.3 is 11.1 Å². The molecule has 172 valence electrons. The second-order valence-corrected chi connectivity index (χ2v) is 7.71. The summed E-state index contributed by atoms with van der Waals surface area (Å²) in [6.45, 7) is 0. The molecule has 1 aromatic heterocycles. The third-order valence-electron chi connectivity index (χ3n) is 4.96. The Kier molecular flexibility index (Phi) is 6.12. The van der Waals surface area contributed by atoms with Crippen LogP contribution >= 0.6 is 11.6 Å². The molecule has 4 aromatic rings. The summed E-state index contributed by atoms with van der Waals surface area (Å²) in [6.07, 6.45) is -4.65. The van der Waals surface area contributed by atoms with Gasteiger partial charge in [0.25, 0.3) is 5.91 Å². The number of alkyl halides is 3. The van der Waals surface area contributed by atoms with Gasteiger partial charge in [-0.1, -0.05) is 35.9 Å². The number of anilines is 1. The van der Waals surface area contributed by atoms with Crippen LogP contribution in [0.15, 0.2) is 78.9 Å². The number of hydrogen-bond acceptors (Lipinski definition) is 4. The van der Waals surface area contributed by atoms with Gasteiger partial charge in [-0.15, -0.1) is 0 Å². The van der Waals surface area contributed by atoms with Crippen molar-refractivity contribution in [2.75, 3.05) is 5.73 Å². The molecule has 1 heterocycles. The first-order valence-corrected chi connectivity index (χ1v) is 10.3. The van der Waals surface area contributed by atoms with Crippen molar-refractivity contribution in [3.05, 3.63) is 101 Å². The number of aromatic nitrogens is 2. The number of halogens is 4. The number of para-hydroxylation sites is 1. The van der Waals surface area contributed by atoms with Crippen molar-refractivity contribution < 1.29 is 18.0 Å². The smallest absolute Gasteiger partial charge is 0.399 e. The summed E-state index contributed by atoms with van der Waals surface area (Å²) in [5.74, 6) is -0.648. The fourth-order valence-corrected chi connectivity index (χ4v) is 3.45. The van der Waals surface area contributed by atoms with E-state index in [1.165, 1.54) is 24.3 Å². The van der Waals surface area contributed by atoms with Crippen LogP contribution in [0.25, 0.3) is 16.9 Å². The van der Waals surface area contributed by atoms with Crippen LogP contribution in [0.5, 0.6) is 0 Å². The third-order valence-corrected chi connectivity index (χ3v) is 5.28. The van der Waals surface area contributed by atoms with Crippen LogP contribution in [-0.4, -0.2) is 21.5 Å². The van der Waals surface area contributed by atoms with Crippen molar-refractivity contribution >= 4 is 29.0 Å². The van der Waals surface area contributed by atoms with Gasteiger partial charge in [-0.3, -0.25) is 10.2 Å². The van der Waals surface area contributed by atoms with Gasteiger partial charge in [0.15, 0.2) is 5.69 Å². The summed E-state index contributed by atoms with van der Waals surface area (Å²) in [5, 5.41) is 14.5.